The molecule has 5 nitrogen and oxygen atoms in total. The van der Waals surface area contributed by atoms with Crippen LogP contribution in [0.2, 0.25) is 5.02 Å². The van der Waals surface area contributed by atoms with E-state index in [0.717, 1.165) is 24.2 Å². The smallest absolute Gasteiger partial charge is 0.251 e. The van der Waals surface area contributed by atoms with E-state index < -0.39 is 0 Å². The van der Waals surface area contributed by atoms with Crippen molar-refractivity contribution in [3.8, 4) is 0 Å². The van der Waals surface area contributed by atoms with Gasteiger partial charge in [0.15, 0.2) is 0 Å². The Labute approximate surface area is 148 Å². The van der Waals surface area contributed by atoms with Crippen molar-refractivity contribution in [3.63, 3.8) is 0 Å². The van der Waals surface area contributed by atoms with Gasteiger partial charge in [-0.3, -0.25) is 4.79 Å². The van der Waals surface area contributed by atoms with E-state index in [2.05, 4.69) is 20.5 Å². The van der Waals surface area contributed by atoms with Gasteiger partial charge in [-0.25, -0.2) is 4.98 Å². The van der Waals surface area contributed by atoms with Crippen molar-refractivity contribution in [2.45, 2.75) is 13.3 Å². The van der Waals surface area contributed by atoms with Crippen LogP contribution in [0.5, 0.6) is 0 Å². The predicted molar refractivity (Wildman–Crippen MR) is 99.2 cm³/mol. The minimum Gasteiger partial charge on any atom is -0.352 e. The highest BCUT2D eigenvalue weighted by Crippen LogP contribution is 2.22. The van der Waals surface area contributed by atoms with Gasteiger partial charge in [0.2, 0.25) is 0 Å². The highest BCUT2D eigenvalue weighted by Gasteiger charge is 2.07. The van der Waals surface area contributed by atoms with Gasteiger partial charge in [-0.15, -0.1) is 0 Å². The summed E-state index contributed by atoms with van der Waals surface area (Å²) in [4.78, 5) is 18.5. The average molecular weight is 347 g/mol. The number of carbonyl (C=O) groups excluding carboxylic acids is 1. The fourth-order valence-corrected chi connectivity index (χ4v) is 2.34. The molecule has 0 saturated heterocycles. The molecule has 0 fully saturated rings. The third kappa shape index (κ3) is 5.51. The van der Waals surface area contributed by atoms with Crippen LogP contribution >= 0.6 is 11.6 Å². The van der Waals surface area contributed by atoms with E-state index in [1.807, 2.05) is 39.2 Å². The third-order valence-corrected chi connectivity index (χ3v) is 3.94. The molecule has 0 atom stereocenters. The molecule has 2 aromatic rings. The highest BCUT2D eigenvalue weighted by atomic mass is 35.5. The molecular formula is C18H23ClN4O. The number of benzene rings is 1. The number of halogens is 1. The molecule has 0 aliphatic carbocycles. The number of anilines is 2. The van der Waals surface area contributed by atoms with Crippen LogP contribution in [0.25, 0.3) is 0 Å². The van der Waals surface area contributed by atoms with Crippen LogP contribution in [0.1, 0.15) is 22.3 Å². The van der Waals surface area contributed by atoms with Gasteiger partial charge >= 0.3 is 0 Å². The summed E-state index contributed by atoms with van der Waals surface area (Å²) in [5, 5.41) is 6.78. The molecule has 24 heavy (non-hydrogen) atoms. The minimum absolute atomic E-state index is 0.0962. The van der Waals surface area contributed by atoms with Gasteiger partial charge in [0, 0.05) is 29.0 Å². The Morgan fingerprint density at radius 2 is 2.04 bits per heavy atom. The lowest BCUT2D eigenvalue weighted by Crippen LogP contribution is -2.27. The quantitative estimate of drug-likeness (QED) is 0.754. The molecule has 2 rings (SSSR count). The number of amides is 1. The second-order valence-electron chi connectivity index (χ2n) is 5.93. The zero-order chi connectivity index (χ0) is 17.5. The number of nitrogens with one attached hydrogen (secondary N) is 2. The van der Waals surface area contributed by atoms with E-state index in [1.54, 1.807) is 18.3 Å². The molecule has 128 valence electrons. The largest absolute Gasteiger partial charge is 0.352 e. The maximum Gasteiger partial charge on any atom is 0.251 e. The van der Waals surface area contributed by atoms with Crippen molar-refractivity contribution >= 4 is 29.0 Å². The molecule has 6 heteroatoms. The molecule has 1 heterocycles. The summed E-state index contributed by atoms with van der Waals surface area (Å²) in [6.45, 7) is 3.54. The van der Waals surface area contributed by atoms with E-state index >= 15 is 0 Å². The van der Waals surface area contributed by atoms with Crippen LogP contribution in [0.3, 0.4) is 0 Å². The normalized spacial score (nSPS) is 10.7. The van der Waals surface area contributed by atoms with Crippen molar-refractivity contribution < 1.29 is 4.79 Å². The standard InChI is InChI=1S/C18H23ClN4O/c1-13-5-6-15(12-16(13)19)22-17-11-14(7-9-20-17)18(24)21-8-4-10-23(2)3/h5-7,9,11-12H,4,8,10H2,1-3H3,(H,20,22)(H,21,24). The highest BCUT2D eigenvalue weighted by molar-refractivity contribution is 6.31. The second kappa shape index (κ2) is 8.66. The Morgan fingerprint density at radius 3 is 2.75 bits per heavy atom. The van der Waals surface area contributed by atoms with Crippen molar-refractivity contribution in [2.75, 3.05) is 32.5 Å². The average Bonchev–Trinajstić information content (AvgIpc) is 2.55. The number of aryl methyl sites for hydroxylation is 1. The summed E-state index contributed by atoms with van der Waals surface area (Å²) in [7, 11) is 4.03. The van der Waals surface area contributed by atoms with Crippen molar-refractivity contribution in [3.05, 3.63) is 52.7 Å². The van der Waals surface area contributed by atoms with Crippen molar-refractivity contribution in [1.82, 2.24) is 15.2 Å². The summed E-state index contributed by atoms with van der Waals surface area (Å²) in [5.74, 6) is 0.511. The van der Waals surface area contributed by atoms with Gasteiger partial charge < -0.3 is 15.5 Å². The number of rotatable bonds is 7. The topological polar surface area (TPSA) is 57.3 Å². The van der Waals surface area contributed by atoms with Crippen LogP contribution < -0.4 is 10.6 Å². The van der Waals surface area contributed by atoms with Crippen LogP contribution in [-0.2, 0) is 0 Å². The fraction of sp³-hybridized carbons (Fsp3) is 0.333. The van der Waals surface area contributed by atoms with Crippen molar-refractivity contribution in [2.24, 2.45) is 0 Å². The molecule has 1 amide bonds. The van der Waals surface area contributed by atoms with E-state index in [1.165, 1.54) is 0 Å². The first-order valence-electron chi connectivity index (χ1n) is 7.88. The van der Waals surface area contributed by atoms with E-state index in [0.29, 0.717) is 22.9 Å². The predicted octanol–water partition coefficient (Wildman–Crippen LogP) is 3.47. The Kier molecular flexibility index (Phi) is 6.58. The van der Waals surface area contributed by atoms with Crippen LogP contribution in [0, 0.1) is 6.92 Å². The Bertz CT molecular complexity index is 703. The van der Waals surface area contributed by atoms with Gasteiger partial charge in [0.05, 0.1) is 0 Å². The van der Waals surface area contributed by atoms with Gasteiger partial charge in [-0.2, -0.15) is 0 Å². The molecule has 0 aliphatic heterocycles. The summed E-state index contributed by atoms with van der Waals surface area (Å²) < 4.78 is 0. The first kappa shape index (κ1) is 18.2. The molecule has 1 aromatic carbocycles. The Morgan fingerprint density at radius 1 is 1.25 bits per heavy atom. The third-order valence-electron chi connectivity index (χ3n) is 3.53. The van der Waals surface area contributed by atoms with E-state index in [4.69, 9.17) is 11.6 Å². The summed E-state index contributed by atoms with van der Waals surface area (Å²) in [5.41, 5.74) is 2.43. The molecule has 0 unspecified atom stereocenters. The molecule has 0 radical (unpaired) electrons. The lowest BCUT2D eigenvalue weighted by molar-refractivity contribution is 0.0952. The maximum atomic E-state index is 12.2. The van der Waals surface area contributed by atoms with Crippen LogP contribution in [-0.4, -0.2) is 43.0 Å². The number of hydrogen-bond donors (Lipinski definition) is 2. The molecule has 1 aromatic heterocycles. The minimum atomic E-state index is -0.0962. The first-order valence-corrected chi connectivity index (χ1v) is 8.25. The molecule has 0 spiro atoms. The first-order chi connectivity index (χ1) is 11.5. The number of carbonyl (C=O) groups is 1. The molecule has 2 N–H and O–H groups in total. The van der Waals surface area contributed by atoms with Crippen LogP contribution in [0.15, 0.2) is 36.5 Å². The van der Waals surface area contributed by atoms with E-state index in [-0.39, 0.29) is 5.91 Å². The summed E-state index contributed by atoms with van der Waals surface area (Å²) in [6.07, 6.45) is 2.53. The maximum absolute atomic E-state index is 12.2. The number of pyridine rings is 1. The Balaban J connectivity index is 1.97. The lowest BCUT2D eigenvalue weighted by atomic mass is 10.2. The van der Waals surface area contributed by atoms with E-state index in [9.17, 15) is 4.79 Å². The summed E-state index contributed by atoms with van der Waals surface area (Å²) in [6, 6.07) is 9.14. The van der Waals surface area contributed by atoms with Gasteiger partial charge in [0.25, 0.3) is 5.91 Å². The van der Waals surface area contributed by atoms with Crippen molar-refractivity contribution in [1.29, 1.82) is 0 Å². The SMILES string of the molecule is Cc1ccc(Nc2cc(C(=O)NCCCN(C)C)ccn2)cc1Cl. The molecule has 0 bridgehead atoms. The molecule has 0 aliphatic rings. The monoisotopic (exact) mass is 346 g/mol. The lowest BCUT2D eigenvalue weighted by Gasteiger charge is -2.11. The second-order valence-corrected chi connectivity index (χ2v) is 6.34. The number of nitrogens with zero attached hydrogens (tertiary/aromatic N) is 2. The molecule has 0 saturated carbocycles. The summed E-state index contributed by atoms with van der Waals surface area (Å²) >= 11 is 6.13. The molecular weight excluding hydrogens is 324 g/mol. The fourth-order valence-electron chi connectivity index (χ4n) is 2.16. The zero-order valence-corrected chi connectivity index (χ0v) is 15.0. The zero-order valence-electron chi connectivity index (χ0n) is 14.3. The number of aromatic nitrogens is 1. The van der Waals surface area contributed by atoms with Crippen LogP contribution in [0.4, 0.5) is 11.5 Å². The van der Waals surface area contributed by atoms with Gasteiger partial charge in [0.1, 0.15) is 5.82 Å². The van der Waals surface area contributed by atoms with Gasteiger partial charge in [-0.05, 0) is 63.8 Å². The Hall–Kier alpha value is -2.11. The van der Waals surface area contributed by atoms with Gasteiger partial charge in [-0.1, -0.05) is 17.7 Å². The number of hydrogen-bond acceptors (Lipinski definition) is 4.